The zero-order chi connectivity index (χ0) is 26.5. The van der Waals surface area contributed by atoms with Gasteiger partial charge in [0.2, 0.25) is 0 Å². The molecule has 0 bridgehead atoms. The van der Waals surface area contributed by atoms with Gasteiger partial charge in [-0.15, -0.1) is 5.10 Å². The SMILES string of the molecule is Cc1ccc(-c2c(-c3ccc(Cl)cc3)c(=O)n(C)n3c(=O)n(Cc4ccc(C(F)(F)F)nc4)nc23)cn1. The van der Waals surface area contributed by atoms with Crippen molar-refractivity contribution in [1.82, 2.24) is 28.9 Å². The third-order valence-corrected chi connectivity index (χ3v) is 6.13. The maximum Gasteiger partial charge on any atom is 0.433 e. The van der Waals surface area contributed by atoms with Crippen LogP contribution in [0, 0.1) is 6.92 Å². The van der Waals surface area contributed by atoms with Gasteiger partial charge in [-0.2, -0.15) is 17.7 Å². The summed E-state index contributed by atoms with van der Waals surface area (Å²) in [5.74, 6) is 0. The second-order valence-corrected chi connectivity index (χ2v) is 8.84. The first-order valence-electron chi connectivity index (χ1n) is 11.0. The Morgan fingerprint density at radius 3 is 2.19 bits per heavy atom. The normalized spacial score (nSPS) is 11.8. The van der Waals surface area contributed by atoms with Gasteiger partial charge < -0.3 is 0 Å². The van der Waals surface area contributed by atoms with Crippen LogP contribution in [-0.4, -0.2) is 28.9 Å². The molecule has 0 radical (unpaired) electrons. The van der Waals surface area contributed by atoms with Crippen LogP contribution >= 0.6 is 11.6 Å². The van der Waals surface area contributed by atoms with Gasteiger partial charge in [-0.25, -0.2) is 14.2 Å². The number of halogens is 4. The molecule has 188 valence electrons. The first-order chi connectivity index (χ1) is 17.5. The fourth-order valence-electron chi connectivity index (χ4n) is 4.03. The van der Waals surface area contributed by atoms with Crippen molar-refractivity contribution in [3.63, 3.8) is 0 Å². The van der Waals surface area contributed by atoms with Crippen molar-refractivity contribution in [2.24, 2.45) is 7.05 Å². The molecule has 37 heavy (non-hydrogen) atoms. The summed E-state index contributed by atoms with van der Waals surface area (Å²) in [7, 11) is 1.44. The summed E-state index contributed by atoms with van der Waals surface area (Å²) in [6, 6.07) is 12.3. The van der Waals surface area contributed by atoms with Gasteiger partial charge in [-0.3, -0.25) is 14.8 Å². The molecule has 4 heterocycles. The highest BCUT2D eigenvalue weighted by atomic mass is 35.5. The standard InChI is InChI=1S/C25H18ClF3N6O2/c1-14-3-5-17(12-30-14)20-21(16-6-8-18(26)9-7-16)23(36)33(2)35-22(20)32-34(24(35)37)13-15-4-10-19(31-11-15)25(27,28)29/h3-12H,13H2,1-2H3. The summed E-state index contributed by atoms with van der Waals surface area (Å²) in [6.45, 7) is 1.67. The molecule has 0 aliphatic rings. The molecule has 0 fully saturated rings. The van der Waals surface area contributed by atoms with Gasteiger partial charge in [0, 0.05) is 41.3 Å². The highest BCUT2D eigenvalue weighted by Crippen LogP contribution is 2.32. The minimum atomic E-state index is -4.58. The van der Waals surface area contributed by atoms with Crippen molar-refractivity contribution in [1.29, 1.82) is 0 Å². The Morgan fingerprint density at radius 2 is 1.59 bits per heavy atom. The second kappa shape index (κ2) is 9.00. The van der Waals surface area contributed by atoms with E-state index in [0.717, 1.165) is 31.8 Å². The number of pyridine rings is 2. The Hall–Kier alpha value is -4.25. The lowest BCUT2D eigenvalue weighted by molar-refractivity contribution is -0.141. The second-order valence-electron chi connectivity index (χ2n) is 8.40. The zero-order valence-corrected chi connectivity index (χ0v) is 20.2. The van der Waals surface area contributed by atoms with Crippen LogP contribution in [0.15, 0.2) is 70.5 Å². The Balaban J connectivity index is 1.75. The lowest BCUT2D eigenvalue weighted by Crippen LogP contribution is -2.33. The maximum atomic E-state index is 13.6. The highest BCUT2D eigenvalue weighted by molar-refractivity contribution is 6.30. The lowest BCUT2D eigenvalue weighted by Gasteiger charge is -2.13. The van der Waals surface area contributed by atoms with E-state index in [-0.39, 0.29) is 12.2 Å². The lowest BCUT2D eigenvalue weighted by atomic mass is 9.97. The Bertz CT molecular complexity index is 1740. The number of fused-ring (bicyclic) bond motifs is 1. The minimum absolute atomic E-state index is 0.151. The summed E-state index contributed by atoms with van der Waals surface area (Å²) in [5.41, 5.74) is 0.954. The van der Waals surface area contributed by atoms with Crippen LogP contribution in [0.3, 0.4) is 0 Å². The average Bonchev–Trinajstić information content (AvgIpc) is 3.18. The number of rotatable bonds is 4. The van der Waals surface area contributed by atoms with E-state index in [1.54, 1.807) is 42.6 Å². The summed E-state index contributed by atoms with van der Waals surface area (Å²) < 4.78 is 42.0. The predicted molar refractivity (Wildman–Crippen MR) is 131 cm³/mol. The Kier molecular flexibility index (Phi) is 5.95. The molecular weight excluding hydrogens is 509 g/mol. The third kappa shape index (κ3) is 4.42. The molecule has 0 N–H and O–H groups in total. The number of nitrogens with zero attached hydrogens (tertiary/aromatic N) is 6. The van der Waals surface area contributed by atoms with Crippen molar-refractivity contribution < 1.29 is 13.2 Å². The highest BCUT2D eigenvalue weighted by Gasteiger charge is 2.32. The molecule has 0 saturated carbocycles. The van der Waals surface area contributed by atoms with Crippen LogP contribution < -0.4 is 11.2 Å². The van der Waals surface area contributed by atoms with Gasteiger partial charge in [-0.05, 0) is 42.3 Å². The Labute approximate surface area is 212 Å². The molecule has 5 rings (SSSR count). The first kappa shape index (κ1) is 24.4. The fraction of sp³-hybridized carbons (Fsp3) is 0.160. The molecule has 12 heteroatoms. The Morgan fingerprint density at radius 1 is 0.892 bits per heavy atom. The van der Waals surface area contributed by atoms with E-state index in [1.165, 1.54) is 13.1 Å². The van der Waals surface area contributed by atoms with Crippen molar-refractivity contribution in [3.05, 3.63) is 104 Å². The van der Waals surface area contributed by atoms with Crippen LogP contribution in [0.1, 0.15) is 17.0 Å². The van der Waals surface area contributed by atoms with Crippen LogP contribution in [0.5, 0.6) is 0 Å². The van der Waals surface area contributed by atoms with Crippen LogP contribution in [-0.2, 0) is 19.8 Å². The molecule has 0 saturated heterocycles. The maximum absolute atomic E-state index is 13.6. The van der Waals surface area contributed by atoms with Gasteiger partial charge in [0.15, 0.2) is 5.65 Å². The van der Waals surface area contributed by atoms with Gasteiger partial charge in [-0.1, -0.05) is 35.9 Å². The summed E-state index contributed by atoms with van der Waals surface area (Å²) in [4.78, 5) is 34.7. The number of benzene rings is 1. The van der Waals surface area contributed by atoms with Gasteiger partial charge in [0.25, 0.3) is 5.56 Å². The zero-order valence-electron chi connectivity index (χ0n) is 19.5. The average molecular weight is 527 g/mol. The smallest absolute Gasteiger partial charge is 0.267 e. The van der Waals surface area contributed by atoms with E-state index in [4.69, 9.17) is 11.6 Å². The van der Waals surface area contributed by atoms with Crippen molar-refractivity contribution in [2.75, 3.05) is 0 Å². The van der Waals surface area contributed by atoms with Crippen LogP contribution in [0.25, 0.3) is 27.9 Å². The third-order valence-electron chi connectivity index (χ3n) is 5.88. The van der Waals surface area contributed by atoms with Crippen molar-refractivity contribution in [2.45, 2.75) is 19.6 Å². The van der Waals surface area contributed by atoms with Crippen LogP contribution in [0.2, 0.25) is 5.02 Å². The molecule has 0 unspecified atom stereocenters. The molecule has 0 amide bonds. The number of aryl methyl sites for hydroxylation is 2. The van der Waals surface area contributed by atoms with E-state index in [0.29, 0.717) is 32.8 Å². The molecule has 0 atom stereocenters. The van der Waals surface area contributed by atoms with Crippen molar-refractivity contribution >= 4 is 17.2 Å². The topological polar surface area (TPSA) is 87.1 Å². The minimum Gasteiger partial charge on any atom is -0.267 e. The monoisotopic (exact) mass is 526 g/mol. The van der Waals surface area contributed by atoms with E-state index >= 15 is 0 Å². The predicted octanol–water partition coefficient (Wildman–Crippen LogP) is 4.35. The van der Waals surface area contributed by atoms with Gasteiger partial charge >= 0.3 is 11.9 Å². The van der Waals surface area contributed by atoms with Gasteiger partial charge in [0.1, 0.15) is 5.69 Å². The molecule has 8 nitrogen and oxygen atoms in total. The molecule has 5 aromatic rings. The number of alkyl halides is 3. The molecule has 4 aromatic heterocycles. The molecule has 0 aliphatic carbocycles. The van der Waals surface area contributed by atoms with E-state index in [1.807, 2.05) is 6.92 Å². The number of hydrogen-bond acceptors (Lipinski definition) is 5. The molecule has 1 aromatic carbocycles. The summed E-state index contributed by atoms with van der Waals surface area (Å²) in [5, 5.41) is 4.98. The number of hydrogen-bond donors (Lipinski definition) is 0. The van der Waals surface area contributed by atoms with E-state index < -0.39 is 23.1 Å². The summed E-state index contributed by atoms with van der Waals surface area (Å²) in [6.07, 6.45) is -1.94. The fourth-order valence-corrected chi connectivity index (χ4v) is 4.16. The molecule has 0 spiro atoms. The van der Waals surface area contributed by atoms with E-state index in [9.17, 15) is 22.8 Å². The molecular formula is C25H18ClF3N6O2. The van der Waals surface area contributed by atoms with E-state index in [2.05, 4.69) is 15.1 Å². The number of aromatic nitrogens is 6. The summed E-state index contributed by atoms with van der Waals surface area (Å²) >= 11 is 6.05. The molecule has 0 aliphatic heterocycles. The first-order valence-corrected chi connectivity index (χ1v) is 11.4. The quantitative estimate of drug-likeness (QED) is 0.347. The van der Waals surface area contributed by atoms with Crippen LogP contribution in [0.4, 0.5) is 13.2 Å². The van der Waals surface area contributed by atoms with Crippen molar-refractivity contribution in [3.8, 4) is 22.3 Å². The van der Waals surface area contributed by atoms with Gasteiger partial charge in [0.05, 0.1) is 12.1 Å². The largest absolute Gasteiger partial charge is 0.433 e.